The molecule has 1 aromatic carbocycles. The number of nitrogens with two attached hydrogens (primary N) is 1. The van der Waals surface area contributed by atoms with Gasteiger partial charge < -0.3 is 15.2 Å². The molecular formula is C15H18N6O3S. The number of hydrogen-bond acceptors (Lipinski definition) is 7. The lowest BCUT2D eigenvalue weighted by Crippen LogP contribution is -2.45. The van der Waals surface area contributed by atoms with E-state index in [4.69, 9.17) is 5.73 Å². The van der Waals surface area contributed by atoms with Gasteiger partial charge in [-0.2, -0.15) is 0 Å². The van der Waals surface area contributed by atoms with Crippen LogP contribution in [-0.4, -0.2) is 49.6 Å². The molecule has 10 heteroatoms. The molecule has 1 aliphatic heterocycles. The Morgan fingerprint density at radius 3 is 2.92 bits per heavy atom. The minimum atomic E-state index is -0.489. The highest BCUT2D eigenvalue weighted by atomic mass is 32.2. The van der Waals surface area contributed by atoms with Crippen LogP contribution in [0, 0.1) is 10.1 Å². The van der Waals surface area contributed by atoms with E-state index in [9.17, 15) is 14.9 Å². The summed E-state index contributed by atoms with van der Waals surface area (Å²) in [7, 11) is 1.76. The molecule has 2 heterocycles. The van der Waals surface area contributed by atoms with Crippen molar-refractivity contribution in [3.8, 4) is 0 Å². The van der Waals surface area contributed by atoms with Crippen molar-refractivity contribution in [3.63, 3.8) is 0 Å². The lowest BCUT2D eigenvalue weighted by Gasteiger charge is -2.30. The molecule has 2 aromatic rings. The Morgan fingerprint density at radius 1 is 1.48 bits per heavy atom. The fraction of sp³-hybridized carbons (Fsp3) is 0.400. The molecule has 3 rings (SSSR count). The summed E-state index contributed by atoms with van der Waals surface area (Å²) in [5, 5.41) is 19.6. The summed E-state index contributed by atoms with van der Waals surface area (Å²) in [6.07, 6.45) is 3.25. The van der Waals surface area contributed by atoms with Crippen molar-refractivity contribution in [1.29, 1.82) is 0 Å². The van der Waals surface area contributed by atoms with Crippen LogP contribution in [0.2, 0.25) is 0 Å². The minimum absolute atomic E-state index is 0.0431. The zero-order valence-corrected chi connectivity index (χ0v) is 14.5. The lowest BCUT2D eigenvalue weighted by molar-refractivity contribution is -0.387. The molecule has 1 unspecified atom stereocenters. The first kappa shape index (κ1) is 17.4. The van der Waals surface area contributed by atoms with Crippen LogP contribution in [0.4, 0.5) is 5.69 Å². The minimum Gasteiger partial charge on any atom is -0.337 e. The molecule has 1 fully saturated rings. The first-order valence-corrected chi connectivity index (χ1v) is 8.62. The van der Waals surface area contributed by atoms with E-state index in [1.165, 1.54) is 12.4 Å². The van der Waals surface area contributed by atoms with E-state index in [1.54, 1.807) is 28.6 Å². The van der Waals surface area contributed by atoms with Gasteiger partial charge in [0.2, 0.25) is 0 Å². The Kier molecular flexibility index (Phi) is 5.00. The summed E-state index contributed by atoms with van der Waals surface area (Å²) in [5.74, 6) is -0.228. The molecular weight excluding hydrogens is 344 g/mol. The highest BCUT2D eigenvalue weighted by molar-refractivity contribution is 7.99. The Labute approximate surface area is 148 Å². The van der Waals surface area contributed by atoms with Crippen molar-refractivity contribution in [1.82, 2.24) is 19.7 Å². The Hall–Kier alpha value is -2.46. The quantitative estimate of drug-likeness (QED) is 0.645. The number of aromatic nitrogens is 3. The summed E-state index contributed by atoms with van der Waals surface area (Å²) in [5.41, 5.74) is 6.08. The molecule has 0 radical (unpaired) electrons. The zero-order chi connectivity index (χ0) is 18.0. The van der Waals surface area contributed by atoms with Crippen LogP contribution in [0.5, 0.6) is 0 Å². The summed E-state index contributed by atoms with van der Waals surface area (Å²) in [6.45, 7) is 1.10. The van der Waals surface area contributed by atoms with Gasteiger partial charge in [0.05, 0.1) is 9.82 Å². The zero-order valence-electron chi connectivity index (χ0n) is 13.7. The third-order valence-corrected chi connectivity index (χ3v) is 5.14. The van der Waals surface area contributed by atoms with Crippen molar-refractivity contribution < 1.29 is 9.72 Å². The molecule has 1 atom stereocenters. The number of nitrogens with zero attached hydrogens (tertiary/aromatic N) is 5. The number of carbonyl (C=O) groups excluding carboxylic acids is 1. The highest BCUT2D eigenvalue weighted by Gasteiger charge is 2.25. The predicted molar refractivity (Wildman–Crippen MR) is 91.3 cm³/mol. The molecule has 2 N–H and O–H groups in total. The van der Waals surface area contributed by atoms with Gasteiger partial charge in [-0.25, -0.2) is 0 Å². The largest absolute Gasteiger partial charge is 0.337 e. The number of amides is 1. The number of benzene rings is 1. The van der Waals surface area contributed by atoms with Crippen LogP contribution in [0.3, 0.4) is 0 Å². The summed E-state index contributed by atoms with van der Waals surface area (Å²) < 4.78 is 1.67. The van der Waals surface area contributed by atoms with Crippen molar-refractivity contribution in [3.05, 3.63) is 40.2 Å². The second-order valence-electron chi connectivity index (χ2n) is 5.92. The van der Waals surface area contributed by atoms with E-state index in [0.29, 0.717) is 28.7 Å². The Balaban J connectivity index is 1.87. The number of likely N-dealkylation sites (tertiary alicyclic amines) is 1. The lowest BCUT2D eigenvalue weighted by atomic mass is 10.1. The molecule has 0 aliphatic carbocycles. The number of piperidine rings is 1. The molecule has 1 aromatic heterocycles. The number of rotatable bonds is 4. The monoisotopic (exact) mass is 362 g/mol. The van der Waals surface area contributed by atoms with Gasteiger partial charge in [0, 0.05) is 37.8 Å². The van der Waals surface area contributed by atoms with Crippen LogP contribution in [0.25, 0.3) is 0 Å². The average Bonchev–Trinajstić information content (AvgIpc) is 2.99. The van der Waals surface area contributed by atoms with E-state index in [-0.39, 0.29) is 17.6 Å². The molecule has 1 amide bonds. The third kappa shape index (κ3) is 3.80. The maximum atomic E-state index is 12.6. The van der Waals surface area contributed by atoms with Gasteiger partial charge in [-0.3, -0.25) is 14.9 Å². The van der Waals surface area contributed by atoms with E-state index < -0.39 is 4.92 Å². The van der Waals surface area contributed by atoms with Gasteiger partial charge >= 0.3 is 0 Å². The van der Waals surface area contributed by atoms with Crippen molar-refractivity contribution >= 4 is 23.4 Å². The molecule has 1 saturated heterocycles. The highest BCUT2D eigenvalue weighted by Crippen LogP contribution is 2.34. The Bertz CT molecular complexity index is 808. The van der Waals surface area contributed by atoms with Gasteiger partial charge in [-0.05, 0) is 36.7 Å². The summed E-state index contributed by atoms with van der Waals surface area (Å²) in [4.78, 5) is 25.6. The number of nitro benzene ring substituents is 1. The van der Waals surface area contributed by atoms with Crippen molar-refractivity contribution in [2.24, 2.45) is 12.8 Å². The average molecular weight is 362 g/mol. The first-order chi connectivity index (χ1) is 12.0. The molecule has 9 nitrogen and oxygen atoms in total. The fourth-order valence-electron chi connectivity index (χ4n) is 2.72. The summed E-state index contributed by atoms with van der Waals surface area (Å²) >= 11 is 1.14. The molecule has 0 spiro atoms. The number of hydrogen-bond donors (Lipinski definition) is 1. The van der Waals surface area contributed by atoms with Crippen LogP contribution in [0.1, 0.15) is 23.2 Å². The maximum Gasteiger partial charge on any atom is 0.284 e. The van der Waals surface area contributed by atoms with E-state index >= 15 is 0 Å². The third-order valence-electron chi connectivity index (χ3n) is 4.02. The van der Waals surface area contributed by atoms with E-state index in [1.807, 2.05) is 0 Å². The van der Waals surface area contributed by atoms with Crippen LogP contribution in [-0.2, 0) is 7.05 Å². The molecule has 0 saturated carbocycles. The fourth-order valence-corrected chi connectivity index (χ4v) is 3.57. The van der Waals surface area contributed by atoms with Gasteiger partial charge in [-0.15, -0.1) is 10.2 Å². The normalized spacial score (nSPS) is 17.5. The summed E-state index contributed by atoms with van der Waals surface area (Å²) in [6, 6.07) is 4.46. The van der Waals surface area contributed by atoms with E-state index in [2.05, 4.69) is 10.2 Å². The van der Waals surface area contributed by atoms with Crippen LogP contribution in [0.15, 0.2) is 34.6 Å². The van der Waals surface area contributed by atoms with Crippen LogP contribution >= 0.6 is 11.8 Å². The first-order valence-electron chi connectivity index (χ1n) is 7.81. The van der Waals surface area contributed by atoms with E-state index in [0.717, 1.165) is 24.6 Å². The van der Waals surface area contributed by atoms with Crippen molar-refractivity contribution in [2.45, 2.75) is 28.9 Å². The molecule has 132 valence electrons. The second-order valence-corrected chi connectivity index (χ2v) is 6.93. The number of nitro groups is 1. The number of aryl methyl sites for hydroxylation is 1. The predicted octanol–water partition coefficient (Wildman–Crippen LogP) is 1.44. The molecule has 25 heavy (non-hydrogen) atoms. The van der Waals surface area contributed by atoms with Gasteiger partial charge in [0.15, 0.2) is 5.16 Å². The standard InChI is InChI=1S/C15H18N6O3S/c1-19-9-17-18-15(19)25-13-5-4-10(7-12(13)21(23)24)14(22)20-6-2-3-11(16)8-20/h4-5,7,9,11H,2-3,6,8,16H2,1H3. The molecule has 0 bridgehead atoms. The SMILES string of the molecule is Cn1cnnc1Sc1ccc(C(=O)N2CCCC(N)C2)cc1[N+](=O)[O-]. The van der Waals surface area contributed by atoms with Crippen molar-refractivity contribution in [2.75, 3.05) is 13.1 Å². The van der Waals surface area contributed by atoms with Crippen LogP contribution < -0.4 is 5.73 Å². The second kappa shape index (κ2) is 7.19. The van der Waals surface area contributed by atoms with Gasteiger partial charge in [0.25, 0.3) is 11.6 Å². The van der Waals surface area contributed by atoms with Gasteiger partial charge in [-0.1, -0.05) is 0 Å². The maximum absolute atomic E-state index is 12.6. The number of carbonyl (C=O) groups is 1. The van der Waals surface area contributed by atoms with Gasteiger partial charge in [0.1, 0.15) is 6.33 Å². The topological polar surface area (TPSA) is 120 Å². The Morgan fingerprint density at radius 2 is 2.28 bits per heavy atom. The smallest absolute Gasteiger partial charge is 0.284 e. The molecule has 1 aliphatic rings.